The summed E-state index contributed by atoms with van der Waals surface area (Å²) in [4.78, 5) is 21.9. The van der Waals surface area contributed by atoms with Gasteiger partial charge in [0.15, 0.2) is 0 Å². The minimum absolute atomic E-state index is 0.160. The number of aromatic nitrogens is 2. The van der Waals surface area contributed by atoms with Crippen LogP contribution in [0.2, 0.25) is 0 Å². The van der Waals surface area contributed by atoms with E-state index >= 15 is 0 Å². The normalized spacial score (nSPS) is 12.2. The topological polar surface area (TPSA) is 61.2 Å². The number of hydrogen-bond acceptors (Lipinski definition) is 4. The van der Waals surface area contributed by atoms with Gasteiger partial charge in [-0.05, 0) is 13.0 Å². The van der Waals surface area contributed by atoms with Crippen molar-refractivity contribution in [1.82, 2.24) is 9.78 Å². The van der Waals surface area contributed by atoms with Crippen LogP contribution in [0.15, 0.2) is 16.9 Å². The van der Waals surface area contributed by atoms with Gasteiger partial charge in [0.1, 0.15) is 4.83 Å². The van der Waals surface area contributed by atoms with Crippen LogP contribution in [0.4, 0.5) is 0 Å². The summed E-state index contributed by atoms with van der Waals surface area (Å²) in [5.74, 6) is -0.426. The third-order valence-electron chi connectivity index (χ3n) is 1.79. The fraction of sp³-hybridized carbons (Fsp3) is 0.444. The van der Waals surface area contributed by atoms with Gasteiger partial charge in [-0.15, -0.1) is 0 Å². The van der Waals surface area contributed by atoms with Crippen LogP contribution < -0.4 is 5.56 Å². The summed E-state index contributed by atoms with van der Waals surface area (Å²) in [5, 5.41) is 4.00. The number of carbonyl (C=O) groups is 1. The number of nitrogens with zero attached hydrogens (tertiary/aromatic N) is 2. The molecule has 0 radical (unpaired) electrons. The first-order valence-corrected chi connectivity index (χ1v) is 5.23. The van der Waals surface area contributed by atoms with Gasteiger partial charge in [-0.25, -0.2) is 4.68 Å². The maximum Gasteiger partial charge on any atom is 0.321 e. The summed E-state index contributed by atoms with van der Waals surface area (Å²) in [6.45, 7) is 1.94. The predicted octanol–water partition coefficient (Wildman–Crippen LogP) is 0.488. The highest BCUT2D eigenvalue weighted by Gasteiger charge is 2.16. The summed E-state index contributed by atoms with van der Waals surface area (Å²) < 4.78 is 5.75. The molecule has 82 valence electrons. The Hall–Kier alpha value is -1.17. The zero-order valence-corrected chi connectivity index (χ0v) is 10.0. The van der Waals surface area contributed by atoms with Crippen LogP contribution in [0, 0.1) is 6.92 Å². The van der Waals surface area contributed by atoms with Crippen LogP contribution in [0.1, 0.15) is 5.69 Å². The Morgan fingerprint density at radius 2 is 2.33 bits per heavy atom. The first-order chi connectivity index (χ1) is 7.04. The summed E-state index contributed by atoms with van der Waals surface area (Å²) in [6.07, 6.45) is 0. The van der Waals surface area contributed by atoms with E-state index in [1.165, 1.54) is 17.9 Å². The van der Waals surface area contributed by atoms with Crippen molar-refractivity contribution in [1.29, 1.82) is 0 Å². The number of aryl methyl sites for hydroxylation is 1. The zero-order valence-electron chi connectivity index (χ0n) is 8.44. The number of methoxy groups -OCH3 is 1. The molecule has 0 saturated heterocycles. The molecule has 1 rings (SSSR count). The molecule has 0 aromatic carbocycles. The molecule has 0 N–H and O–H groups in total. The average Bonchev–Trinajstić information content (AvgIpc) is 2.22. The SMILES string of the molecule is COC(=O)C(Br)Cn1nc(C)ccc1=O. The number of alkyl halides is 1. The number of hydrogen-bond donors (Lipinski definition) is 0. The van der Waals surface area contributed by atoms with Crippen LogP contribution in [0.3, 0.4) is 0 Å². The monoisotopic (exact) mass is 274 g/mol. The molecule has 6 heteroatoms. The van der Waals surface area contributed by atoms with Crippen molar-refractivity contribution in [3.8, 4) is 0 Å². The summed E-state index contributed by atoms with van der Waals surface area (Å²) in [7, 11) is 1.29. The Balaban J connectivity index is 2.85. The van der Waals surface area contributed by atoms with E-state index in [1.54, 1.807) is 13.0 Å². The number of carbonyl (C=O) groups excluding carboxylic acids is 1. The van der Waals surface area contributed by atoms with Crippen molar-refractivity contribution in [2.24, 2.45) is 0 Å². The van der Waals surface area contributed by atoms with E-state index in [0.717, 1.165) is 5.69 Å². The molecular weight excluding hydrogens is 264 g/mol. The maximum atomic E-state index is 11.3. The molecule has 0 bridgehead atoms. The summed E-state index contributed by atoms with van der Waals surface area (Å²) >= 11 is 3.12. The third kappa shape index (κ3) is 3.16. The molecule has 15 heavy (non-hydrogen) atoms. The first-order valence-electron chi connectivity index (χ1n) is 4.31. The molecule has 0 aliphatic heterocycles. The highest BCUT2D eigenvalue weighted by atomic mass is 79.9. The molecule has 1 aromatic heterocycles. The fourth-order valence-electron chi connectivity index (χ4n) is 1.04. The van der Waals surface area contributed by atoms with Crippen molar-refractivity contribution in [3.05, 3.63) is 28.2 Å². The van der Waals surface area contributed by atoms with Gasteiger partial charge in [-0.1, -0.05) is 15.9 Å². The highest BCUT2D eigenvalue weighted by Crippen LogP contribution is 2.03. The largest absolute Gasteiger partial charge is 0.468 e. The fourth-order valence-corrected chi connectivity index (χ4v) is 1.50. The lowest BCUT2D eigenvalue weighted by Crippen LogP contribution is -2.30. The molecule has 0 aliphatic carbocycles. The van der Waals surface area contributed by atoms with Gasteiger partial charge < -0.3 is 4.74 Å². The Bertz CT molecular complexity index is 416. The Morgan fingerprint density at radius 3 is 2.93 bits per heavy atom. The molecule has 0 spiro atoms. The van der Waals surface area contributed by atoms with Crippen LogP contribution >= 0.6 is 15.9 Å². The van der Waals surface area contributed by atoms with E-state index in [0.29, 0.717) is 0 Å². The van der Waals surface area contributed by atoms with Crippen LogP contribution in [0.25, 0.3) is 0 Å². The van der Waals surface area contributed by atoms with Gasteiger partial charge in [0.25, 0.3) is 5.56 Å². The lowest BCUT2D eigenvalue weighted by molar-refractivity contribution is -0.140. The number of ether oxygens (including phenoxy) is 1. The molecule has 0 fully saturated rings. The van der Waals surface area contributed by atoms with Crippen LogP contribution in [0.5, 0.6) is 0 Å². The van der Waals surface area contributed by atoms with Crippen molar-refractivity contribution >= 4 is 21.9 Å². The smallest absolute Gasteiger partial charge is 0.321 e. The molecule has 5 nitrogen and oxygen atoms in total. The van der Waals surface area contributed by atoms with E-state index in [-0.39, 0.29) is 12.1 Å². The van der Waals surface area contributed by atoms with Crippen molar-refractivity contribution < 1.29 is 9.53 Å². The predicted molar refractivity (Wildman–Crippen MR) is 58.0 cm³/mol. The van der Waals surface area contributed by atoms with Crippen molar-refractivity contribution in [2.75, 3.05) is 7.11 Å². The summed E-state index contributed by atoms with van der Waals surface area (Å²) in [6, 6.07) is 3.04. The standard InChI is InChI=1S/C9H11BrN2O3/c1-6-3-4-8(13)12(11-6)5-7(10)9(14)15-2/h3-4,7H,5H2,1-2H3. The molecule has 1 aromatic rings. The van der Waals surface area contributed by atoms with Gasteiger partial charge in [0.2, 0.25) is 0 Å². The highest BCUT2D eigenvalue weighted by molar-refractivity contribution is 9.10. The van der Waals surface area contributed by atoms with Crippen LogP contribution in [-0.4, -0.2) is 27.7 Å². The molecule has 0 amide bonds. The van der Waals surface area contributed by atoms with E-state index in [9.17, 15) is 9.59 Å². The second-order valence-corrected chi connectivity index (χ2v) is 4.09. The molecule has 1 unspecified atom stereocenters. The number of esters is 1. The zero-order chi connectivity index (χ0) is 11.4. The van der Waals surface area contributed by atoms with Gasteiger partial charge in [0, 0.05) is 6.07 Å². The number of rotatable bonds is 3. The third-order valence-corrected chi connectivity index (χ3v) is 2.45. The average molecular weight is 275 g/mol. The Kier molecular flexibility index (Phi) is 4.02. The maximum absolute atomic E-state index is 11.3. The molecule has 0 aliphatic rings. The minimum atomic E-state index is -0.561. The van der Waals surface area contributed by atoms with Gasteiger partial charge >= 0.3 is 5.97 Å². The lowest BCUT2D eigenvalue weighted by Gasteiger charge is -2.08. The van der Waals surface area contributed by atoms with Gasteiger partial charge in [0.05, 0.1) is 19.3 Å². The van der Waals surface area contributed by atoms with E-state index in [1.807, 2.05) is 0 Å². The molecule has 0 saturated carbocycles. The van der Waals surface area contributed by atoms with E-state index in [2.05, 4.69) is 25.8 Å². The Labute approximate surface area is 95.2 Å². The van der Waals surface area contributed by atoms with Crippen LogP contribution in [-0.2, 0) is 16.1 Å². The second kappa shape index (κ2) is 5.06. The minimum Gasteiger partial charge on any atom is -0.468 e. The first kappa shape index (κ1) is 11.9. The summed E-state index contributed by atoms with van der Waals surface area (Å²) in [5.41, 5.74) is 0.480. The molecule has 1 atom stereocenters. The molecule has 1 heterocycles. The number of halogens is 1. The van der Waals surface area contributed by atoms with Crippen molar-refractivity contribution in [2.45, 2.75) is 18.3 Å². The Morgan fingerprint density at radius 1 is 1.67 bits per heavy atom. The molecular formula is C9H11BrN2O3. The van der Waals surface area contributed by atoms with E-state index in [4.69, 9.17) is 0 Å². The van der Waals surface area contributed by atoms with Crippen molar-refractivity contribution in [3.63, 3.8) is 0 Å². The van der Waals surface area contributed by atoms with Gasteiger partial charge in [-0.2, -0.15) is 5.10 Å². The second-order valence-electron chi connectivity index (χ2n) is 2.99. The van der Waals surface area contributed by atoms with Gasteiger partial charge in [-0.3, -0.25) is 9.59 Å². The lowest BCUT2D eigenvalue weighted by atomic mass is 10.4. The van der Waals surface area contributed by atoms with E-state index < -0.39 is 10.8 Å². The quantitative estimate of drug-likeness (QED) is 0.595.